The van der Waals surface area contributed by atoms with Crippen molar-refractivity contribution in [3.63, 3.8) is 0 Å². The smallest absolute Gasteiger partial charge is 0.164 e. The van der Waals surface area contributed by atoms with E-state index >= 15 is 0 Å². The Morgan fingerprint density at radius 2 is 0.869 bits per heavy atom. The van der Waals surface area contributed by atoms with Crippen molar-refractivity contribution in [2.75, 3.05) is 0 Å². The topological polar surface area (TPSA) is 69.9 Å². The normalized spacial score (nSPS) is 11.9. The van der Waals surface area contributed by atoms with Crippen LogP contribution in [0.4, 0.5) is 0 Å². The van der Waals surface area contributed by atoms with Crippen molar-refractivity contribution in [3.05, 3.63) is 97.1 Å². The number of furan rings is 2. The Hall–Kier alpha value is -6.40. The quantitative estimate of drug-likeness (QED) is 0.232. The van der Waals surface area contributed by atoms with Crippen molar-refractivity contribution in [2.24, 2.45) is 0 Å². The molecule has 0 spiro atoms. The molecule has 6 nitrogen and oxygen atoms in total. The van der Waals surface area contributed by atoms with Crippen LogP contribution in [0.2, 0.25) is 0 Å². The second kappa shape index (κ2) is 13.6. The van der Waals surface area contributed by atoms with Crippen molar-refractivity contribution < 1.29 is 8.83 Å². The highest BCUT2D eigenvalue weighted by Crippen LogP contribution is 2.42. The number of nitrogens with zero attached hydrogens (tertiary/aromatic N) is 4. The molecule has 258 valence electrons. The van der Waals surface area contributed by atoms with E-state index in [1.165, 1.54) is 0 Å². The van der Waals surface area contributed by atoms with Gasteiger partial charge in [-0.3, -0.25) is 0 Å². The van der Waals surface area contributed by atoms with E-state index in [9.17, 15) is 0 Å². The number of fused-ring (bicyclic) bond motifs is 10. The van der Waals surface area contributed by atoms with Crippen LogP contribution >= 0.6 is 0 Å². The fourth-order valence-electron chi connectivity index (χ4n) is 8.60. The van der Waals surface area contributed by atoms with Crippen LogP contribution in [-0.2, 0) is 0 Å². The second-order valence-electron chi connectivity index (χ2n) is 14.9. The zero-order valence-electron chi connectivity index (χ0n) is 32.1. The second-order valence-corrected chi connectivity index (χ2v) is 14.9. The summed E-state index contributed by atoms with van der Waals surface area (Å²) in [6, 6.07) is 31.0. The molecule has 0 aliphatic rings. The van der Waals surface area contributed by atoms with Crippen LogP contribution in [0.25, 0.3) is 106 Å². The minimum Gasteiger partial charge on any atom is -0.455 e. The summed E-state index contributed by atoms with van der Waals surface area (Å²) in [5.74, 6) is 1.48. The first-order chi connectivity index (χ1) is 29.5. The van der Waals surface area contributed by atoms with Crippen LogP contribution in [0.1, 0.15) is 0 Å². The number of rotatable bonds is 4. The summed E-state index contributed by atoms with van der Waals surface area (Å²) in [5, 5.41) is 2.98. The fraction of sp³-hybridized carbons (Fsp3) is 0. The molecule has 61 heavy (non-hydrogen) atoms. The molecule has 20 radical (unpaired) electrons. The van der Waals surface area contributed by atoms with Crippen LogP contribution in [0.3, 0.4) is 0 Å². The summed E-state index contributed by atoms with van der Waals surface area (Å²) in [6.07, 6.45) is 0. The minimum atomic E-state index is 0.0641. The predicted molar refractivity (Wildman–Crippen MR) is 259 cm³/mol. The maximum atomic E-state index is 7.00. The number of benzene rings is 7. The Labute approximate surface area is 362 Å². The maximum absolute atomic E-state index is 7.00. The van der Waals surface area contributed by atoms with E-state index in [-0.39, 0.29) is 65.8 Å². The van der Waals surface area contributed by atoms with Gasteiger partial charge in [-0.25, -0.2) is 15.0 Å². The Bertz CT molecular complexity index is 3660. The third-order valence-electron chi connectivity index (χ3n) is 11.6. The number of para-hydroxylation sites is 1. The van der Waals surface area contributed by atoms with E-state index in [0.717, 1.165) is 21.9 Å². The van der Waals surface area contributed by atoms with Gasteiger partial charge in [0.25, 0.3) is 0 Å². The van der Waals surface area contributed by atoms with Crippen molar-refractivity contribution in [1.29, 1.82) is 0 Å². The highest BCUT2D eigenvalue weighted by atomic mass is 16.3. The number of aromatic nitrogens is 4. The van der Waals surface area contributed by atoms with Crippen LogP contribution < -0.4 is 54.6 Å². The lowest BCUT2D eigenvalue weighted by Crippen LogP contribution is -2.48. The van der Waals surface area contributed by atoms with Gasteiger partial charge in [0.1, 0.15) is 89.6 Å². The van der Waals surface area contributed by atoms with E-state index in [4.69, 9.17) is 102 Å². The maximum Gasteiger partial charge on any atom is 0.164 e. The summed E-state index contributed by atoms with van der Waals surface area (Å²) in [5.41, 5.74) is 6.17. The Morgan fingerprint density at radius 3 is 1.52 bits per heavy atom. The summed E-state index contributed by atoms with van der Waals surface area (Å²) < 4.78 is 15.3. The van der Waals surface area contributed by atoms with Crippen molar-refractivity contribution in [2.45, 2.75) is 0 Å². The van der Waals surface area contributed by atoms with E-state index in [1.54, 1.807) is 0 Å². The van der Waals surface area contributed by atoms with E-state index < -0.39 is 0 Å². The average Bonchev–Trinajstić information content (AvgIpc) is 3.99. The monoisotopic (exact) mass is 754 g/mol. The van der Waals surface area contributed by atoms with Crippen LogP contribution in [0.5, 0.6) is 0 Å². The molecule has 0 saturated heterocycles. The highest BCUT2D eigenvalue weighted by Gasteiger charge is 2.29. The molecule has 0 aliphatic carbocycles. The third kappa shape index (κ3) is 5.20. The molecule has 0 N–H and O–H groups in total. The van der Waals surface area contributed by atoms with Gasteiger partial charge in [0.2, 0.25) is 0 Å². The first kappa shape index (κ1) is 37.6. The van der Waals surface area contributed by atoms with Gasteiger partial charge in [0.15, 0.2) is 28.6 Å². The average molecular weight is 753 g/mol. The Kier molecular flexibility index (Phi) is 8.35. The van der Waals surface area contributed by atoms with Gasteiger partial charge >= 0.3 is 0 Å². The van der Waals surface area contributed by atoms with E-state index in [1.807, 2.05) is 102 Å². The molecule has 0 saturated carbocycles. The summed E-state index contributed by atoms with van der Waals surface area (Å²) >= 11 is 0. The minimum absolute atomic E-state index is 0.0641. The van der Waals surface area contributed by atoms with E-state index in [0.29, 0.717) is 72.5 Å². The molecule has 4 heterocycles. The molecule has 0 atom stereocenters. The zero-order valence-corrected chi connectivity index (χ0v) is 32.1. The fourth-order valence-corrected chi connectivity index (χ4v) is 8.60. The van der Waals surface area contributed by atoms with Crippen LogP contribution in [0, 0.1) is 0 Å². The van der Waals surface area contributed by atoms with Gasteiger partial charge in [-0.1, -0.05) is 118 Å². The SMILES string of the molecule is [B]c1c([B])c([B])c2c(oc3c2c([B])c([B])c2c4c([B])c([B])c([B])c([B])c4n(-c4cccc5c4oc4cccc(-c6nc(-c7ccccc7)nc(-c7ccccc7)n6)c45)c32)c1[B]. The molecular formula is C45H16B10N4O2. The summed E-state index contributed by atoms with van der Waals surface area (Å²) in [4.78, 5) is 14.9. The molecule has 0 unspecified atom stereocenters. The lowest BCUT2D eigenvalue weighted by Gasteiger charge is -2.16. The molecule has 0 amide bonds. The molecule has 0 bridgehead atoms. The largest absolute Gasteiger partial charge is 0.455 e. The molecule has 0 aliphatic heterocycles. The van der Waals surface area contributed by atoms with Crippen molar-refractivity contribution in [3.8, 4) is 39.9 Å². The first-order valence-electron chi connectivity index (χ1n) is 19.0. The molecule has 16 heteroatoms. The standard InChI is InChI=1S/C45H16B10N4O2/c46-28-25-24-29(47)32(50)34(52)36(54)38(24)59(39(25)42-27(30(28)48)26-31(49)33(51)35(53)37(55)41(26)61-42)21-15-7-13-19-23-20(14-8-16-22(23)60-40(19)21)45-57-43(17-9-3-1-4-10-17)56-44(58-45)18-11-5-2-6-12-18/h1-16H. The first-order valence-corrected chi connectivity index (χ1v) is 19.0. The number of hydrogen-bond donors (Lipinski definition) is 0. The Morgan fingerprint density at radius 1 is 0.361 bits per heavy atom. The molecule has 11 aromatic rings. The molecule has 7 aromatic carbocycles. The summed E-state index contributed by atoms with van der Waals surface area (Å²) in [6.45, 7) is 0. The van der Waals surface area contributed by atoms with Crippen molar-refractivity contribution in [1.82, 2.24) is 19.5 Å². The van der Waals surface area contributed by atoms with Crippen molar-refractivity contribution >= 4 is 199 Å². The van der Waals surface area contributed by atoms with Crippen LogP contribution in [-0.4, -0.2) is 98.0 Å². The van der Waals surface area contributed by atoms with Gasteiger partial charge in [-0.2, -0.15) is 0 Å². The highest BCUT2D eigenvalue weighted by molar-refractivity contribution is 6.71. The van der Waals surface area contributed by atoms with Gasteiger partial charge in [0, 0.05) is 49.1 Å². The van der Waals surface area contributed by atoms with E-state index in [2.05, 4.69) is 0 Å². The molecule has 0 fully saturated rings. The third-order valence-corrected chi connectivity index (χ3v) is 11.6. The van der Waals surface area contributed by atoms with Crippen LogP contribution in [0.15, 0.2) is 106 Å². The predicted octanol–water partition coefficient (Wildman–Crippen LogP) is -0.293. The number of hydrogen-bond acceptors (Lipinski definition) is 5. The zero-order chi connectivity index (χ0) is 42.2. The summed E-state index contributed by atoms with van der Waals surface area (Å²) in [7, 11) is 66.5. The molecule has 4 aromatic heterocycles. The Balaban J connectivity index is 1.28. The van der Waals surface area contributed by atoms with Gasteiger partial charge < -0.3 is 13.4 Å². The molecule has 11 rings (SSSR count). The molecular weight excluding hydrogens is 737 g/mol. The lowest BCUT2D eigenvalue weighted by atomic mass is 9.64. The lowest BCUT2D eigenvalue weighted by molar-refractivity contribution is 0.665. The van der Waals surface area contributed by atoms with Gasteiger partial charge in [0.05, 0.1) is 11.2 Å². The van der Waals surface area contributed by atoms with Gasteiger partial charge in [-0.15, -0.1) is 21.9 Å². The van der Waals surface area contributed by atoms with Gasteiger partial charge in [-0.05, 0) is 17.5 Å².